The summed E-state index contributed by atoms with van der Waals surface area (Å²) in [5.74, 6) is 1.90. The number of ether oxygens (including phenoxy) is 1. The van der Waals surface area contributed by atoms with Crippen molar-refractivity contribution in [2.45, 2.75) is 87.1 Å². The van der Waals surface area contributed by atoms with Gasteiger partial charge < -0.3 is 9.64 Å². The van der Waals surface area contributed by atoms with Gasteiger partial charge in [-0.05, 0) is 116 Å². The van der Waals surface area contributed by atoms with E-state index in [0.717, 1.165) is 63.3 Å². The molecule has 3 aromatic rings. The first-order chi connectivity index (χ1) is 20.7. The minimum atomic E-state index is -0.621. The Balaban J connectivity index is 0.983. The minimum absolute atomic E-state index is 0.155. The molecule has 1 saturated heterocycles. The van der Waals surface area contributed by atoms with E-state index in [2.05, 4.69) is 12.2 Å². The van der Waals surface area contributed by atoms with Crippen LogP contribution in [0.2, 0.25) is 0 Å². The van der Waals surface area contributed by atoms with Gasteiger partial charge in [0.15, 0.2) is 0 Å². The molecule has 1 atom stereocenters. The lowest BCUT2D eigenvalue weighted by atomic mass is 9.54. The van der Waals surface area contributed by atoms with Gasteiger partial charge in [0.25, 0.3) is 5.91 Å². The monoisotopic (exact) mass is 614 g/mol. The number of amides is 3. The van der Waals surface area contributed by atoms with Crippen LogP contribution >= 0.6 is 23.1 Å². The normalized spacial score (nSPS) is 29.3. The Kier molecular flexibility index (Phi) is 6.49. The van der Waals surface area contributed by atoms with Crippen LogP contribution in [0.5, 0.6) is 0 Å². The van der Waals surface area contributed by atoms with Gasteiger partial charge in [-0.3, -0.25) is 19.7 Å². The summed E-state index contributed by atoms with van der Waals surface area (Å²) in [6.45, 7) is 2.48. The van der Waals surface area contributed by atoms with Crippen molar-refractivity contribution in [1.82, 2.24) is 10.2 Å². The number of nitrogens with zero attached hydrogens (tertiary/aromatic N) is 1. The number of thioether (sulfide) groups is 1. The van der Waals surface area contributed by atoms with Gasteiger partial charge in [0.2, 0.25) is 11.8 Å². The van der Waals surface area contributed by atoms with Gasteiger partial charge in [0.1, 0.15) is 11.6 Å². The van der Waals surface area contributed by atoms with Crippen LogP contribution in [-0.4, -0.2) is 40.2 Å². The maximum atomic E-state index is 13.4. The van der Waals surface area contributed by atoms with Gasteiger partial charge in [-0.15, -0.1) is 23.1 Å². The maximum absolute atomic E-state index is 13.4. The fraction of sp³-hybridized carbons (Fsp3) is 0.471. The molecule has 1 N–H and O–H groups in total. The van der Waals surface area contributed by atoms with E-state index in [9.17, 15) is 19.2 Å². The molecule has 2 aliphatic heterocycles. The van der Waals surface area contributed by atoms with Crippen LogP contribution in [0.15, 0.2) is 41.3 Å². The summed E-state index contributed by atoms with van der Waals surface area (Å²) in [5.41, 5.74) is 3.12. The number of carbonyl (C=O) groups excluding carboxylic acids is 4. The highest BCUT2D eigenvalue weighted by molar-refractivity contribution is 7.98. The second kappa shape index (κ2) is 10.2. The highest BCUT2D eigenvalue weighted by atomic mass is 32.2. The van der Waals surface area contributed by atoms with Crippen molar-refractivity contribution < 1.29 is 23.9 Å². The number of carbonyl (C=O) groups is 4. The summed E-state index contributed by atoms with van der Waals surface area (Å²) >= 11 is 3.43. The molecule has 9 rings (SSSR count). The van der Waals surface area contributed by atoms with Crippen molar-refractivity contribution in [3.8, 4) is 0 Å². The number of fused-ring (bicyclic) bond motifs is 2. The van der Waals surface area contributed by atoms with Gasteiger partial charge in [-0.1, -0.05) is 6.07 Å². The van der Waals surface area contributed by atoms with Crippen LogP contribution in [0.3, 0.4) is 0 Å². The molecule has 3 heterocycles. The van der Waals surface area contributed by atoms with Crippen LogP contribution in [0.4, 0.5) is 0 Å². The molecule has 4 aliphatic carbocycles. The van der Waals surface area contributed by atoms with E-state index in [4.69, 9.17) is 4.74 Å². The molecular weight excluding hydrogens is 581 g/mol. The van der Waals surface area contributed by atoms with E-state index in [1.807, 2.05) is 36.4 Å². The lowest BCUT2D eigenvalue weighted by molar-refractivity contribution is -0.137. The lowest BCUT2D eigenvalue weighted by Crippen LogP contribution is -2.52. The molecule has 0 radical (unpaired) electrons. The molecular formula is C34H34N2O5S2. The Morgan fingerprint density at radius 3 is 2.53 bits per heavy atom. The van der Waals surface area contributed by atoms with E-state index < -0.39 is 11.9 Å². The van der Waals surface area contributed by atoms with Gasteiger partial charge in [-0.25, -0.2) is 4.79 Å². The summed E-state index contributed by atoms with van der Waals surface area (Å²) in [6.07, 6.45) is 7.65. The molecule has 1 aromatic heterocycles. The zero-order chi connectivity index (χ0) is 29.5. The van der Waals surface area contributed by atoms with E-state index in [-0.39, 0.29) is 29.8 Å². The van der Waals surface area contributed by atoms with Crippen molar-refractivity contribution in [3.05, 3.63) is 63.5 Å². The fourth-order valence-electron chi connectivity index (χ4n) is 8.78. The Labute approximate surface area is 258 Å². The number of hydrogen-bond acceptors (Lipinski definition) is 7. The average molecular weight is 615 g/mol. The molecule has 222 valence electrons. The topological polar surface area (TPSA) is 92.8 Å². The fourth-order valence-corrected chi connectivity index (χ4v) is 11.2. The van der Waals surface area contributed by atoms with Crippen LogP contribution in [0.1, 0.15) is 88.1 Å². The van der Waals surface area contributed by atoms with E-state index >= 15 is 0 Å². The lowest BCUT2D eigenvalue weighted by Gasteiger charge is -2.55. The Morgan fingerprint density at radius 2 is 1.81 bits per heavy atom. The number of benzene rings is 2. The first-order valence-electron chi connectivity index (χ1n) is 15.4. The van der Waals surface area contributed by atoms with Crippen molar-refractivity contribution in [2.75, 3.05) is 0 Å². The van der Waals surface area contributed by atoms with Crippen molar-refractivity contribution in [3.63, 3.8) is 0 Å². The largest absolute Gasteiger partial charge is 0.455 e. The predicted octanol–water partition coefficient (Wildman–Crippen LogP) is 6.39. The van der Waals surface area contributed by atoms with E-state index in [1.54, 1.807) is 28.0 Å². The first-order valence-corrected chi connectivity index (χ1v) is 17.2. The van der Waals surface area contributed by atoms with Gasteiger partial charge in [0, 0.05) is 38.8 Å². The number of rotatable bonds is 6. The van der Waals surface area contributed by atoms with Crippen LogP contribution in [-0.2, 0) is 26.6 Å². The van der Waals surface area contributed by atoms with Crippen LogP contribution < -0.4 is 5.32 Å². The summed E-state index contributed by atoms with van der Waals surface area (Å²) in [7, 11) is 0. The van der Waals surface area contributed by atoms with Gasteiger partial charge in [0.05, 0.1) is 5.56 Å². The molecule has 0 spiro atoms. The Bertz CT molecular complexity index is 1670. The Morgan fingerprint density at radius 1 is 1.07 bits per heavy atom. The highest BCUT2D eigenvalue weighted by Gasteiger charge is 2.53. The van der Waals surface area contributed by atoms with Crippen molar-refractivity contribution >= 4 is 56.9 Å². The standard InChI is InChI=1S/C34H34N2O5S2/c1-18-24-12-22(33(40)41-34-13-19-9-20(14-34)11-21(10-19)15-34)5-7-28(24)43-29(18)17-42-27-4-2-3-23-25(27)16-36(32(23)39)26-6-8-30(37)35-31(26)38/h2-5,7,12,19-21,26H,6,8-11,13-17H2,1H3,(H,35,37,38). The first kappa shape index (κ1) is 27.4. The molecule has 4 bridgehead atoms. The molecule has 9 heteroatoms. The third kappa shape index (κ3) is 4.70. The molecule has 3 amide bonds. The van der Waals surface area contributed by atoms with E-state index in [1.165, 1.54) is 29.7 Å². The highest BCUT2D eigenvalue weighted by Crippen LogP contribution is 2.57. The van der Waals surface area contributed by atoms with Gasteiger partial charge >= 0.3 is 5.97 Å². The predicted molar refractivity (Wildman–Crippen MR) is 165 cm³/mol. The zero-order valence-electron chi connectivity index (χ0n) is 24.1. The summed E-state index contributed by atoms with van der Waals surface area (Å²) in [4.78, 5) is 54.6. The molecule has 6 aliphatic rings. The summed E-state index contributed by atoms with van der Waals surface area (Å²) in [6, 6.07) is 11.1. The number of thiophene rings is 1. The van der Waals surface area contributed by atoms with E-state index in [0.29, 0.717) is 24.1 Å². The van der Waals surface area contributed by atoms with Gasteiger partial charge in [-0.2, -0.15) is 0 Å². The quantitative estimate of drug-likeness (QED) is 0.197. The Hall–Kier alpha value is -3.17. The zero-order valence-corrected chi connectivity index (χ0v) is 25.8. The molecule has 7 nitrogen and oxygen atoms in total. The number of hydrogen-bond donors (Lipinski definition) is 1. The molecule has 2 aromatic carbocycles. The molecule has 43 heavy (non-hydrogen) atoms. The third-order valence-electron chi connectivity index (χ3n) is 10.5. The molecule has 1 unspecified atom stereocenters. The number of imide groups is 1. The van der Waals surface area contributed by atoms with Crippen LogP contribution in [0.25, 0.3) is 10.1 Å². The smallest absolute Gasteiger partial charge is 0.338 e. The maximum Gasteiger partial charge on any atom is 0.338 e. The molecule has 4 saturated carbocycles. The van der Waals surface area contributed by atoms with Crippen LogP contribution in [0, 0.1) is 24.7 Å². The second-order valence-corrected chi connectivity index (χ2v) is 15.5. The second-order valence-electron chi connectivity index (χ2n) is 13.3. The summed E-state index contributed by atoms with van der Waals surface area (Å²) in [5, 5.41) is 3.47. The summed E-state index contributed by atoms with van der Waals surface area (Å²) < 4.78 is 7.49. The number of aryl methyl sites for hydroxylation is 1. The van der Waals surface area contributed by atoms with Crippen molar-refractivity contribution in [2.24, 2.45) is 17.8 Å². The molecule has 5 fully saturated rings. The number of esters is 1. The number of piperidine rings is 1. The number of nitrogens with one attached hydrogen (secondary N) is 1. The average Bonchev–Trinajstić information content (AvgIpc) is 3.47. The third-order valence-corrected chi connectivity index (χ3v) is 13.0. The van der Waals surface area contributed by atoms with Crippen molar-refractivity contribution in [1.29, 1.82) is 0 Å². The SMILES string of the molecule is Cc1c(CSc2cccc3c2CN(C2CCC(=O)NC2=O)C3=O)sc2ccc(C(=O)OC34CC5CC(CC(C5)C3)C4)cc12. The minimum Gasteiger partial charge on any atom is -0.455 e.